The molecule has 1 atom stereocenters. The van der Waals surface area contributed by atoms with E-state index in [2.05, 4.69) is 10.3 Å². The summed E-state index contributed by atoms with van der Waals surface area (Å²) >= 11 is 3.09. The average molecular weight is 479 g/mol. The molecule has 170 valence electrons. The largest absolute Gasteiger partial charge is 1.00 e. The van der Waals surface area contributed by atoms with Crippen molar-refractivity contribution in [3.8, 4) is 11.1 Å². The summed E-state index contributed by atoms with van der Waals surface area (Å²) in [6.45, 7) is 2.86. The van der Waals surface area contributed by atoms with Gasteiger partial charge in [0.2, 0.25) is 0 Å². The maximum absolute atomic E-state index is 13.1. The number of carbonyl (C=O) groups is 2. The average Bonchev–Trinajstić information content (AvgIpc) is 3.30. The van der Waals surface area contributed by atoms with Crippen LogP contribution in [0.5, 0.6) is 0 Å². The molecule has 0 spiro atoms. The van der Waals surface area contributed by atoms with Crippen LogP contribution in [0, 0.1) is 6.92 Å². The minimum Gasteiger partial charge on any atom is -1.00 e. The molecule has 9 heteroatoms. The number of aliphatic carboxylic acids is 1. The Labute approximate surface area is 215 Å². The minimum absolute atomic E-state index is 0. The summed E-state index contributed by atoms with van der Waals surface area (Å²) in [5.74, 6) is -0.774. The van der Waals surface area contributed by atoms with Gasteiger partial charge in [-0.15, -0.1) is 11.3 Å². The number of nitrogens with zero attached hydrogens (tertiary/aromatic N) is 1. The molecule has 0 radical (unpaired) electrons. The maximum atomic E-state index is 13.1. The van der Waals surface area contributed by atoms with E-state index in [1.807, 2.05) is 49.6 Å². The van der Waals surface area contributed by atoms with Gasteiger partial charge in [-0.3, -0.25) is 9.78 Å². The Hall–Kier alpha value is -2.08. The fraction of sp³-hybridized carbons (Fsp3) is 0.292. The van der Waals surface area contributed by atoms with Crippen LogP contribution in [0.4, 0.5) is 0 Å². The maximum Gasteiger partial charge on any atom is 1.00 e. The second kappa shape index (κ2) is 13.6. The van der Waals surface area contributed by atoms with Gasteiger partial charge in [-0.1, -0.05) is 30.3 Å². The number of rotatable bonds is 11. The van der Waals surface area contributed by atoms with E-state index >= 15 is 0 Å². The Bertz CT molecular complexity index is 1070. The number of thioether (sulfide) groups is 1. The number of aromatic nitrogens is 1. The molecule has 1 unspecified atom stereocenters. The summed E-state index contributed by atoms with van der Waals surface area (Å²) in [4.78, 5) is 29.8. The number of ether oxygens (including phenoxy) is 1. The monoisotopic (exact) mass is 478 g/mol. The number of carbonyl (C=O) groups excluding carboxylic acids is 1. The summed E-state index contributed by atoms with van der Waals surface area (Å²) in [5.41, 5.74) is 5.86. The molecule has 0 saturated carbocycles. The molecule has 1 heterocycles. The molecule has 0 bridgehead atoms. The fourth-order valence-electron chi connectivity index (χ4n) is 3.29. The van der Waals surface area contributed by atoms with Gasteiger partial charge < -0.3 is 16.6 Å². The quantitative estimate of drug-likeness (QED) is 0.409. The van der Waals surface area contributed by atoms with Gasteiger partial charge in [0.05, 0.1) is 23.6 Å². The Morgan fingerprint density at radius 1 is 1.21 bits per heavy atom. The normalized spacial score (nSPS) is 11.5. The van der Waals surface area contributed by atoms with Crippen molar-refractivity contribution in [2.75, 3.05) is 12.0 Å². The topological polar surface area (TPSA) is 88.5 Å². The van der Waals surface area contributed by atoms with Crippen LogP contribution in [0.1, 0.15) is 34.2 Å². The third kappa shape index (κ3) is 7.73. The minimum atomic E-state index is -1.03. The molecule has 0 aliphatic rings. The van der Waals surface area contributed by atoms with Gasteiger partial charge in [-0.05, 0) is 59.7 Å². The van der Waals surface area contributed by atoms with E-state index in [1.165, 1.54) is 0 Å². The predicted molar refractivity (Wildman–Crippen MR) is 130 cm³/mol. The number of hydrogen-bond acceptors (Lipinski definition) is 6. The van der Waals surface area contributed by atoms with E-state index in [9.17, 15) is 14.7 Å². The van der Waals surface area contributed by atoms with E-state index in [0.29, 0.717) is 31.0 Å². The molecule has 33 heavy (non-hydrogen) atoms. The van der Waals surface area contributed by atoms with Crippen LogP contribution < -0.4 is 24.2 Å². The number of aryl methyl sites for hydroxylation is 1. The number of amides is 1. The van der Waals surface area contributed by atoms with Crippen molar-refractivity contribution in [2.24, 2.45) is 0 Å². The molecule has 3 rings (SSSR count). The molecule has 0 aliphatic carbocycles. The Balaban J connectivity index is 0.00000289. The zero-order chi connectivity index (χ0) is 22.9. The van der Waals surface area contributed by atoms with Crippen LogP contribution in [0.15, 0.2) is 54.2 Å². The van der Waals surface area contributed by atoms with Crippen molar-refractivity contribution in [3.05, 3.63) is 75.7 Å². The first-order valence-electron chi connectivity index (χ1n) is 10.2. The van der Waals surface area contributed by atoms with Crippen molar-refractivity contribution in [1.82, 2.24) is 10.3 Å². The van der Waals surface area contributed by atoms with Crippen LogP contribution >= 0.6 is 23.1 Å². The van der Waals surface area contributed by atoms with Gasteiger partial charge in [0.1, 0.15) is 6.04 Å². The summed E-state index contributed by atoms with van der Waals surface area (Å²) < 4.78 is 5.82. The molecular formula is C24H27LiN2O4S2. The summed E-state index contributed by atoms with van der Waals surface area (Å²) in [6, 6.07) is 12.4. The van der Waals surface area contributed by atoms with Crippen LogP contribution in [0.25, 0.3) is 11.1 Å². The number of hydrogen-bond donors (Lipinski definition) is 2. The van der Waals surface area contributed by atoms with Crippen molar-refractivity contribution in [2.45, 2.75) is 32.6 Å². The van der Waals surface area contributed by atoms with Crippen LogP contribution in [-0.2, 0) is 22.7 Å². The van der Waals surface area contributed by atoms with Gasteiger partial charge >= 0.3 is 24.8 Å². The second-order valence-electron chi connectivity index (χ2n) is 7.30. The van der Waals surface area contributed by atoms with E-state index in [-0.39, 0.29) is 20.3 Å². The molecule has 2 aromatic carbocycles. The second-order valence-corrected chi connectivity index (χ2v) is 9.26. The Kier molecular flexibility index (Phi) is 11.2. The van der Waals surface area contributed by atoms with E-state index in [0.717, 1.165) is 27.1 Å². The third-order valence-corrected chi connectivity index (χ3v) is 6.37. The van der Waals surface area contributed by atoms with E-state index in [1.54, 1.807) is 40.9 Å². The molecule has 6 nitrogen and oxygen atoms in total. The number of carboxylic acids is 1. The molecule has 1 aromatic heterocycles. The molecule has 1 amide bonds. The Morgan fingerprint density at radius 3 is 2.67 bits per heavy atom. The number of benzene rings is 2. The van der Waals surface area contributed by atoms with E-state index in [4.69, 9.17) is 4.74 Å². The molecule has 0 fully saturated rings. The predicted octanol–water partition coefficient (Wildman–Crippen LogP) is 1.89. The number of nitrogens with one attached hydrogen (secondary N) is 1. The fourth-order valence-corrected chi connectivity index (χ4v) is 4.29. The molecular weight excluding hydrogens is 451 g/mol. The van der Waals surface area contributed by atoms with Gasteiger partial charge in [-0.25, -0.2) is 4.79 Å². The molecule has 3 aromatic rings. The van der Waals surface area contributed by atoms with Crippen LogP contribution in [0.3, 0.4) is 0 Å². The van der Waals surface area contributed by atoms with Crippen molar-refractivity contribution < 1.29 is 39.7 Å². The Morgan fingerprint density at radius 2 is 2.00 bits per heavy atom. The number of carboxylic acid groups (broad SMARTS) is 1. The summed E-state index contributed by atoms with van der Waals surface area (Å²) in [6.07, 6.45) is 4.06. The SMILES string of the molecule is CSCCC(NC(=O)c1ccc(COCc2cncs2)cc1-c1ccccc1C)C(=O)O.[H-].[Li+]. The van der Waals surface area contributed by atoms with Gasteiger partial charge in [0.25, 0.3) is 5.91 Å². The third-order valence-electron chi connectivity index (χ3n) is 4.97. The zero-order valence-corrected chi connectivity index (χ0v) is 20.7. The first-order chi connectivity index (χ1) is 15.5. The van der Waals surface area contributed by atoms with Crippen molar-refractivity contribution in [3.63, 3.8) is 0 Å². The standard InChI is InChI=1S/C24H26N2O4S2.Li.H/c1-16-5-3-4-6-19(16)21-11-17(13-30-14-18-12-25-15-32-18)7-8-20(21)23(27)26-22(24(28)29)9-10-31-2;;/h3-8,11-12,15,22H,9-10,13-14H2,1-2H3,(H,26,27)(H,28,29);;/q;+1;-1. The van der Waals surface area contributed by atoms with Gasteiger partial charge in [0, 0.05) is 11.8 Å². The van der Waals surface area contributed by atoms with Gasteiger partial charge in [0.15, 0.2) is 0 Å². The first-order valence-corrected chi connectivity index (χ1v) is 12.4. The van der Waals surface area contributed by atoms with E-state index < -0.39 is 17.9 Å². The first kappa shape index (κ1) is 27.2. The van der Waals surface area contributed by atoms with Gasteiger partial charge in [-0.2, -0.15) is 11.8 Å². The smallest absolute Gasteiger partial charge is 1.00 e. The zero-order valence-electron chi connectivity index (χ0n) is 20.0. The van der Waals surface area contributed by atoms with Crippen LogP contribution in [-0.4, -0.2) is 40.0 Å². The molecule has 0 aliphatic heterocycles. The molecule has 2 N–H and O–H groups in total. The van der Waals surface area contributed by atoms with Crippen molar-refractivity contribution >= 4 is 35.0 Å². The molecule has 0 saturated heterocycles. The number of thiazole rings is 1. The summed E-state index contributed by atoms with van der Waals surface area (Å²) in [7, 11) is 0. The summed E-state index contributed by atoms with van der Waals surface area (Å²) in [5, 5.41) is 12.2. The van der Waals surface area contributed by atoms with Crippen LogP contribution in [0.2, 0.25) is 0 Å². The van der Waals surface area contributed by atoms with Crippen molar-refractivity contribution in [1.29, 1.82) is 0 Å².